The van der Waals surface area contributed by atoms with Gasteiger partial charge in [0.2, 0.25) is 0 Å². The van der Waals surface area contributed by atoms with Gasteiger partial charge in [-0.2, -0.15) is 0 Å². The van der Waals surface area contributed by atoms with Gasteiger partial charge in [0.15, 0.2) is 17.5 Å². The molecule has 0 atom stereocenters. The Kier molecular flexibility index (Phi) is 8.51. The zero-order valence-electron chi connectivity index (χ0n) is 30.5. The molecule has 9 aromatic carbocycles. The van der Waals surface area contributed by atoms with Gasteiger partial charge in [0.1, 0.15) is 0 Å². The lowest BCUT2D eigenvalue weighted by Gasteiger charge is -2.19. The first-order valence-corrected chi connectivity index (χ1v) is 18.9. The Morgan fingerprint density at radius 2 is 0.607 bits per heavy atom. The minimum absolute atomic E-state index is 0.622. The molecule has 0 bridgehead atoms. The minimum atomic E-state index is 0.622. The first-order valence-electron chi connectivity index (χ1n) is 18.9. The van der Waals surface area contributed by atoms with Gasteiger partial charge in [-0.05, 0) is 84.3 Å². The second kappa shape index (κ2) is 14.4. The van der Waals surface area contributed by atoms with E-state index in [2.05, 4.69) is 152 Å². The Hall–Kier alpha value is -7.49. The van der Waals surface area contributed by atoms with E-state index in [0.717, 1.165) is 55.6 Å². The van der Waals surface area contributed by atoms with Crippen LogP contribution in [0.15, 0.2) is 212 Å². The lowest BCUT2D eigenvalue weighted by molar-refractivity contribution is 1.07. The van der Waals surface area contributed by atoms with Crippen LogP contribution in [0.3, 0.4) is 0 Å². The van der Waals surface area contributed by atoms with Crippen LogP contribution < -0.4 is 0 Å². The topological polar surface area (TPSA) is 38.7 Å². The normalized spacial score (nSPS) is 11.2. The lowest BCUT2D eigenvalue weighted by atomic mass is 9.85. The monoisotopic (exact) mass is 713 g/mol. The van der Waals surface area contributed by atoms with Crippen molar-refractivity contribution in [2.45, 2.75) is 0 Å². The van der Waals surface area contributed by atoms with Gasteiger partial charge < -0.3 is 0 Å². The molecule has 3 heteroatoms. The molecule has 0 aliphatic carbocycles. The lowest BCUT2D eigenvalue weighted by Crippen LogP contribution is -2.00. The molecule has 0 spiro atoms. The summed E-state index contributed by atoms with van der Waals surface area (Å²) in [7, 11) is 0. The van der Waals surface area contributed by atoms with E-state index in [0.29, 0.717) is 17.5 Å². The molecule has 56 heavy (non-hydrogen) atoms. The van der Waals surface area contributed by atoms with Crippen LogP contribution >= 0.6 is 0 Å². The number of hydrogen-bond acceptors (Lipinski definition) is 3. The van der Waals surface area contributed by atoms with Gasteiger partial charge >= 0.3 is 0 Å². The van der Waals surface area contributed by atoms with Crippen LogP contribution in [0.5, 0.6) is 0 Å². The van der Waals surface area contributed by atoms with E-state index in [-0.39, 0.29) is 0 Å². The summed E-state index contributed by atoms with van der Waals surface area (Å²) in [4.78, 5) is 15.2. The molecule has 10 aromatic rings. The third kappa shape index (κ3) is 6.21. The summed E-state index contributed by atoms with van der Waals surface area (Å²) in [5, 5.41) is 4.96. The van der Waals surface area contributed by atoms with Crippen LogP contribution in [-0.4, -0.2) is 15.0 Å². The van der Waals surface area contributed by atoms with E-state index in [9.17, 15) is 0 Å². The molecule has 0 aliphatic rings. The van der Waals surface area contributed by atoms with Crippen LogP contribution in [0.25, 0.3) is 100 Å². The molecule has 0 unspecified atom stereocenters. The molecule has 10 rings (SSSR count). The van der Waals surface area contributed by atoms with E-state index in [1.165, 1.54) is 27.1 Å². The molecule has 0 radical (unpaired) electrons. The summed E-state index contributed by atoms with van der Waals surface area (Å²) < 4.78 is 0. The summed E-state index contributed by atoms with van der Waals surface area (Å²) in [5.74, 6) is 1.90. The molecule has 0 fully saturated rings. The fourth-order valence-corrected chi connectivity index (χ4v) is 7.81. The van der Waals surface area contributed by atoms with Crippen molar-refractivity contribution in [3.05, 3.63) is 212 Å². The highest BCUT2D eigenvalue weighted by Gasteiger charge is 2.19. The number of hydrogen-bond donors (Lipinski definition) is 0. The third-order valence-electron chi connectivity index (χ3n) is 10.5. The Bertz CT molecular complexity index is 2940. The average molecular weight is 714 g/mol. The molecule has 0 N–H and O–H groups in total. The standard InChI is InChI=1S/C53H35N3/c1-5-17-36(18-6-1)44-31-29-41(48-33-40-25-13-14-26-43(40)46-27-15-16-28-47(46)48)34-49(44)50-35-42(30-32-45(50)37-19-7-2-8-20-37)53-55-51(38-21-9-3-10-22-38)54-52(56-53)39-23-11-4-12-24-39/h1-35H. The second-order valence-electron chi connectivity index (χ2n) is 14.0. The van der Waals surface area contributed by atoms with E-state index in [1.807, 2.05) is 60.7 Å². The number of aromatic nitrogens is 3. The largest absolute Gasteiger partial charge is 0.208 e. The van der Waals surface area contributed by atoms with Crippen LogP contribution in [0, 0.1) is 0 Å². The van der Waals surface area contributed by atoms with Gasteiger partial charge in [0.25, 0.3) is 0 Å². The predicted molar refractivity (Wildman–Crippen MR) is 233 cm³/mol. The van der Waals surface area contributed by atoms with Crippen molar-refractivity contribution < 1.29 is 0 Å². The van der Waals surface area contributed by atoms with E-state index < -0.39 is 0 Å². The zero-order chi connectivity index (χ0) is 37.3. The average Bonchev–Trinajstić information content (AvgIpc) is 3.29. The molecule has 0 amide bonds. The van der Waals surface area contributed by atoms with Crippen molar-refractivity contribution in [3.8, 4) is 78.7 Å². The summed E-state index contributed by atoms with van der Waals surface area (Å²) in [5.41, 5.74) is 12.0. The van der Waals surface area contributed by atoms with Crippen LogP contribution in [-0.2, 0) is 0 Å². The van der Waals surface area contributed by atoms with Crippen LogP contribution in [0.1, 0.15) is 0 Å². The second-order valence-corrected chi connectivity index (χ2v) is 14.0. The fraction of sp³-hybridized carbons (Fsp3) is 0. The van der Waals surface area contributed by atoms with E-state index in [1.54, 1.807) is 0 Å². The third-order valence-corrected chi connectivity index (χ3v) is 10.5. The first-order chi connectivity index (χ1) is 27.8. The molecule has 0 aliphatic heterocycles. The highest BCUT2D eigenvalue weighted by Crippen LogP contribution is 2.44. The van der Waals surface area contributed by atoms with Crippen LogP contribution in [0.4, 0.5) is 0 Å². The van der Waals surface area contributed by atoms with Gasteiger partial charge in [-0.1, -0.05) is 194 Å². The van der Waals surface area contributed by atoms with Crippen molar-refractivity contribution in [1.29, 1.82) is 0 Å². The van der Waals surface area contributed by atoms with Crippen molar-refractivity contribution in [2.24, 2.45) is 0 Å². The van der Waals surface area contributed by atoms with Crippen LogP contribution in [0.2, 0.25) is 0 Å². The quantitative estimate of drug-likeness (QED) is 0.154. The molecular formula is C53H35N3. The maximum atomic E-state index is 5.12. The Morgan fingerprint density at radius 1 is 0.214 bits per heavy atom. The summed E-state index contributed by atoms with van der Waals surface area (Å²) in [6.07, 6.45) is 0. The molecule has 1 aromatic heterocycles. The SMILES string of the molecule is c1ccc(-c2nc(-c3ccccc3)nc(-c3ccc(-c4ccccc4)c(-c4cc(-c5cc6ccccc6c6ccccc56)ccc4-c4ccccc4)c3)n2)cc1. The van der Waals surface area contributed by atoms with Gasteiger partial charge in [-0.3, -0.25) is 0 Å². The van der Waals surface area contributed by atoms with Gasteiger partial charge in [0, 0.05) is 16.7 Å². The predicted octanol–water partition coefficient (Wildman–Crippen LogP) is 13.8. The smallest absolute Gasteiger partial charge is 0.164 e. The van der Waals surface area contributed by atoms with Crippen molar-refractivity contribution >= 4 is 21.5 Å². The minimum Gasteiger partial charge on any atom is -0.208 e. The number of fused-ring (bicyclic) bond motifs is 3. The fourth-order valence-electron chi connectivity index (χ4n) is 7.81. The Morgan fingerprint density at radius 3 is 1.14 bits per heavy atom. The van der Waals surface area contributed by atoms with Crippen molar-refractivity contribution in [2.75, 3.05) is 0 Å². The maximum Gasteiger partial charge on any atom is 0.164 e. The van der Waals surface area contributed by atoms with Gasteiger partial charge in [-0.25, -0.2) is 15.0 Å². The van der Waals surface area contributed by atoms with Gasteiger partial charge in [-0.15, -0.1) is 0 Å². The summed E-state index contributed by atoms with van der Waals surface area (Å²) in [6.45, 7) is 0. The molecule has 3 nitrogen and oxygen atoms in total. The highest BCUT2D eigenvalue weighted by atomic mass is 15.0. The Labute approximate surface area is 326 Å². The molecule has 0 saturated carbocycles. The molecule has 0 saturated heterocycles. The number of benzene rings is 9. The maximum absolute atomic E-state index is 5.12. The molecular weight excluding hydrogens is 679 g/mol. The Balaban J connectivity index is 1.24. The van der Waals surface area contributed by atoms with E-state index in [4.69, 9.17) is 15.0 Å². The van der Waals surface area contributed by atoms with Crippen molar-refractivity contribution in [3.63, 3.8) is 0 Å². The van der Waals surface area contributed by atoms with Crippen molar-refractivity contribution in [1.82, 2.24) is 15.0 Å². The molecule has 1 heterocycles. The number of rotatable bonds is 7. The number of nitrogens with zero attached hydrogens (tertiary/aromatic N) is 3. The summed E-state index contributed by atoms with van der Waals surface area (Å²) in [6, 6.07) is 75.0. The van der Waals surface area contributed by atoms with Gasteiger partial charge in [0.05, 0.1) is 0 Å². The first kappa shape index (κ1) is 33.1. The summed E-state index contributed by atoms with van der Waals surface area (Å²) >= 11 is 0. The molecule has 262 valence electrons. The zero-order valence-corrected chi connectivity index (χ0v) is 30.5. The van der Waals surface area contributed by atoms with E-state index >= 15 is 0 Å². The highest BCUT2D eigenvalue weighted by molar-refractivity contribution is 6.14.